The highest BCUT2D eigenvalue weighted by Crippen LogP contribution is 2.30. The Kier molecular flexibility index (Phi) is 3.53. The second-order valence-corrected chi connectivity index (χ2v) is 4.34. The van der Waals surface area contributed by atoms with Crippen molar-refractivity contribution in [3.8, 4) is 0 Å². The molecular weight excluding hydrogens is 150 g/mol. The van der Waals surface area contributed by atoms with Crippen molar-refractivity contribution >= 4 is 0 Å². The molecule has 1 aliphatic rings. The van der Waals surface area contributed by atoms with Crippen LogP contribution in [-0.2, 0) is 4.74 Å². The first-order valence-corrected chi connectivity index (χ1v) is 4.97. The van der Waals surface area contributed by atoms with Crippen molar-refractivity contribution in [2.45, 2.75) is 27.2 Å². The van der Waals surface area contributed by atoms with Gasteiger partial charge in [-0.15, -0.1) is 0 Å². The molecule has 0 spiro atoms. The molecule has 0 aromatic carbocycles. The zero-order chi connectivity index (χ0) is 9.03. The summed E-state index contributed by atoms with van der Waals surface area (Å²) in [4.78, 5) is 0. The largest absolute Gasteiger partial charge is 0.381 e. The Balaban J connectivity index is 2.29. The minimum atomic E-state index is 0.462. The van der Waals surface area contributed by atoms with E-state index >= 15 is 0 Å². The predicted octanol–water partition coefficient (Wildman–Crippen LogP) is 1.66. The molecule has 0 atom stereocenters. The molecule has 1 saturated heterocycles. The quantitative estimate of drug-likeness (QED) is 0.679. The summed E-state index contributed by atoms with van der Waals surface area (Å²) in [7, 11) is 0. The van der Waals surface area contributed by atoms with Gasteiger partial charge in [0.15, 0.2) is 0 Å². The third-order valence-corrected chi connectivity index (χ3v) is 2.45. The minimum absolute atomic E-state index is 0.462. The Morgan fingerprint density at radius 2 is 2.08 bits per heavy atom. The SMILES string of the molecule is CCOCC1(CC(C)C)CNC1. The van der Waals surface area contributed by atoms with E-state index in [0.29, 0.717) is 5.41 Å². The van der Waals surface area contributed by atoms with Gasteiger partial charge in [-0.2, -0.15) is 0 Å². The Morgan fingerprint density at radius 3 is 2.42 bits per heavy atom. The summed E-state index contributed by atoms with van der Waals surface area (Å²) in [5.41, 5.74) is 0.462. The maximum Gasteiger partial charge on any atom is 0.0546 e. The first kappa shape index (κ1) is 10.0. The number of hydrogen-bond acceptors (Lipinski definition) is 2. The van der Waals surface area contributed by atoms with Crippen molar-refractivity contribution in [1.29, 1.82) is 0 Å². The molecule has 0 saturated carbocycles. The fraction of sp³-hybridized carbons (Fsp3) is 1.00. The smallest absolute Gasteiger partial charge is 0.0546 e. The van der Waals surface area contributed by atoms with Crippen LogP contribution in [0.25, 0.3) is 0 Å². The topological polar surface area (TPSA) is 21.3 Å². The Hall–Kier alpha value is -0.0800. The lowest BCUT2D eigenvalue weighted by molar-refractivity contribution is 0.00218. The van der Waals surface area contributed by atoms with Gasteiger partial charge in [0.1, 0.15) is 0 Å². The van der Waals surface area contributed by atoms with Crippen LogP contribution >= 0.6 is 0 Å². The lowest BCUT2D eigenvalue weighted by atomic mass is 9.76. The van der Waals surface area contributed by atoms with Gasteiger partial charge in [0.2, 0.25) is 0 Å². The lowest BCUT2D eigenvalue weighted by Gasteiger charge is -2.43. The Labute approximate surface area is 75.7 Å². The average Bonchev–Trinajstić information content (AvgIpc) is 1.94. The number of rotatable bonds is 5. The van der Waals surface area contributed by atoms with Gasteiger partial charge in [0, 0.05) is 25.1 Å². The molecule has 0 aromatic heterocycles. The van der Waals surface area contributed by atoms with Gasteiger partial charge in [-0.05, 0) is 19.3 Å². The molecular formula is C10H21NO. The molecule has 72 valence electrons. The van der Waals surface area contributed by atoms with Crippen LogP contribution in [0.2, 0.25) is 0 Å². The second-order valence-electron chi connectivity index (χ2n) is 4.34. The number of nitrogens with one attached hydrogen (secondary N) is 1. The maximum absolute atomic E-state index is 5.50. The van der Waals surface area contributed by atoms with Crippen LogP contribution in [-0.4, -0.2) is 26.3 Å². The van der Waals surface area contributed by atoms with E-state index in [0.717, 1.165) is 32.2 Å². The van der Waals surface area contributed by atoms with E-state index in [9.17, 15) is 0 Å². The van der Waals surface area contributed by atoms with Crippen LogP contribution in [0.15, 0.2) is 0 Å². The molecule has 2 nitrogen and oxygen atoms in total. The van der Waals surface area contributed by atoms with Crippen LogP contribution in [0, 0.1) is 11.3 Å². The normalized spacial score (nSPS) is 21.0. The summed E-state index contributed by atoms with van der Waals surface area (Å²) in [6.07, 6.45) is 1.29. The second kappa shape index (κ2) is 4.24. The van der Waals surface area contributed by atoms with Crippen LogP contribution in [0.3, 0.4) is 0 Å². The maximum atomic E-state index is 5.50. The highest BCUT2D eigenvalue weighted by molar-refractivity contribution is 4.92. The Morgan fingerprint density at radius 1 is 1.42 bits per heavy atom. The molecule has 0 bridgehead atoms. The molecule has 1 heterocycles. The molecule has 0 aromatic rings. The van der Waals surface area contributed by atoms with Crippen LogP contribution in [0.5, 0.6) is 0 Å². The van der Waals surface area contributed by atoms with Gasteiger partial charge >= 0.3 is 0 Å². The van der Waals surface area contributed by atoms with Gasteiger partial charge in [-0.3, -0.25) is 0 Å². The van der Waals surface area contributed by atoms with Gasteiger partial charge in [0.25, 0.3) is 0 Å². The van der Waals surface area contributed by atoms with Crippen LogP contribution in [0.4, 0.5) is 0 Å². The number of ether oxygens (including phenoxy) is 1. The Bertz CT molecular complexity index is 130. The van der Waals surface area contributed by atoms with Gasteiger partial charge in [-0.25, -0.2) is 0 Å². The van der Waals surface area contributed by atoms with E-state index in [4.69, 9.17) is 4.74 Å². The molecule has 2 heteroatoms. The third kappa shape index (κ3) is 2.46. The highest BCUT2D eigenvalue weighted by atomic mass is 16.5. The predicted molar refractivity (Wildman–Crippen MR) is 51.3 cm³/mol. The molecule has 1 N–H and O–H groups in total. The highest BCUT2D eigenvalue weighted by Gasteiger charge is 2.37. The summed E-state index contributed by atoms with van der Waals surface area (Å²) in [6, 6.07) is 0. The van der Waals surface area contributed by atoms with E-state index in [2.05, 4.69) is 26.1 Å². The molecule has 0 aliphatic carbocycles. The zero-order valence-electron chi connectivity index (χ0n) is 8.52. The lowest BCUT2D eigenvalue weighted by Crippen LogP contribution is -2.56. The summed E-state index contributed by atoms with van der Waals surface area (Å²) >= 11 is 0. The van der Waals surface area contributed by atoms with Crippen LogP contribution < -0.4 is 5.32 Å². The summed E-state index contributed by atoms with van der Waals surface area (Å²) in [5.74, 6) is 0.785. The summed E-state index contributed by atoms with van der Waals surface area (Å²) in [6.45, 7) is 10.7. The molecule has 12 heavy (non-hydrogen) atoms. The average molecular weight is 171 g/mol. The molecule has 1 rings (SSSR count). The zero-order valence-corrected chi connectivity index (χ0v) is 8.52. The van der Waals surface area contributed by atoms with E-state index in [1.54, 1.807) is 0 Å². The first-order chi connectivity index (χ1) is 5.68. The van der Waals surface area contributed by atoms with Crippen molar-refractivity contribution < 1.29 is 4.74 Å². The van der Waals surface area contributed by atoms with Gasteiger partial charge < -0.3 is 10.1 Å². The summed E-state index contributed by atoms with van der Waals surface area (Å²) in [5, 5.41) is 3.34. The minimum Gasteiger partial charge on any atom is -0.381 e. The molecule has 0 amide bonds. The van der Waals surface area contributed by atoms with Crippen LogP contribution in [0.1, 0.15) is 27.2 Å². The number of hydrogen-bond donors (Lipinski definition) is 1. The van der Waals surface area contributed by atoms with Gasteiger partial charge in [0.05, 0.1) is 6.61 Å². The van der Waals surface area contributed by atoms with E-state index < -0.39 is 0 Å². The standard InChI is InChI=1S/C10H21NO/c1-4-12-8-10(5-9(2)3)6-11-7-10/h9,11H,4-8H2,1-3H3. The molecule has 1 aliphatic heterocycles. The third-order valence-electron chi connectivity index (χ3n) is 2.45. The van der Waals surface area contributed by atoms with E-state index in [-0.39, 0.29) is 0 Å². The molecule has 0 unspecified atom stereocenters. The summed E-state index contributed by atoms with van der Waals surface area (Å²) < 4.78 is 5.50. The first-order valence-electron chi connectivity index (χ1n) is 4.97. The monoisotopic (exact) mass is 171 g/mol. The van der Waals surface area contributed by atoms with Crippen molar-refractivity contribution in [1.82, 2.24) is 5.32 Å². The molecule has 1 fully saturated rings. The van der Waals surface area contributed by atoms with E-state index in [1.165, 1.54) is 6.42 Å². The van der Waals surface area contributed by atoms with Crippen molar-refractivity contribution in [2.75, 3.05) is 26.3 Å². The fourth-order valence-corrected chi connectivity index (χ4v) is 1.97. The van der Waals surface area contributed by atoms with Crippen molar-refractivity contribution in [3.05, 3.63) is 0 Å². The van der Waals surface area contributed by atoms with Crippen molar-refractivity contribution in [3.63, 3.8) is 0 Å². The van der Waals surface area contributed by atoms with E-state index in [1.807, 2.05) is 0 Å². The molecule has 0 radical (unpaired) electrons. The van der Waals surface area contributed by atoms with Crippen molar-refractivity contribution in [2.24, 2.45) is 11.3 Å². The van der Waals surface area contributed by atoms with Gasteiger partial charge in [-0.1, -0.05) is 13.8 Å². The fourth-order valence-electron chi connectivity index (χ4n) is 1.97.